The largest absolute Gasteiger partial charge is 0.508 e. The van der Waals surface area contributed by atoms with E-state index in [1.54, 1.807) is 36.7 Å². The maximum atomic E-state index is 9.22. The number of hydrogen-bond acceptors (Lipinski definition) is 5. The first kappa shape index (κ1) is 12.9. The van der Waals surface area contributed by atoms with E-state index in [9.17, 15) is 5.11 Å². The van der Waals surface area contributed by atoms with Gasteiger partial charge in [0.05, 0.1) is 12.4 Å². The Kier molecular flexibility index (Phi) is 3.78. The fourth-order valence-corrected chi connectivity index (χ4v) is 2.31. The van der Waals surface area contributed by atoms with E-state index in [1.165, 1.54) is 6.42 Å². The normalized spacial score (nSPS) is 18.7. The highest BCUT2D eigenvalue weighted by atomic mass is 16.5. The summed E-state index contributed by atoms with van der Waals surface area (Å²) in [5.41, 5.74) is 0. The van der Waals surface area contributed by atoms with E-state index in [4.69, 9.17) is 4.74 Å². The van der Waals surface area contributed by atoms with E-state index < -0.39 is 0 Å². The third kappa shape index (κ3) is 3.05. The SMILES string of the molecule is Oc1ccc(Oc2cnc(C3CCCNC3)nc2)cc1. The Bertz CT molecular complexity index is 548. The minimum atomic E-state index is 0.216. The van der Waals surface area contributed by atoms with E-state index in [2.05, 4.69) is 15.3 Å². The highest BCUT2D eigenvalue weighted by Crippen LogP contribution is 2.24. The van der Waals surface area contributed by atoms with Crippen molar-refractivity contribution in [2.75, 3.05) is 13.1 Å². The maximum Gasteiger partial charge on any atom is 0.164 e. The fourth-order valence-electron chi connectivity index (χ4n) is 2.31. The number of rotatable bonds is 3. The summed E-state index contributed by atoms with van der Waals surface area (Å²) in [4.78, 5) is 8.78. The van der Waals surface area contributed by atoms with Gasteiger partial charge in [0.25, 0.3) is 0 Å². The van der Waals surface area contributed by atoms with Crippen molar-refractivity contribution in [1.29, 1.82) is 0 Å². The summed E-state index contributed by atoms with van der Waals surface area (Å²) < 4.78 is 5.62. The van der Waals surface area contributed by atoms with Gasteiger partial charge in [-0.2, -0.15) is 0 Å². The number of phenols is 1. The number of piperidine rings is 1. The molecule has 1 aromatic heterocycles. The molecule has 3 rings (SSSR count). The Morgan fingerprint density at radius 3 is 2.50 bits per heavy atom. The van der Waals surface area contributed by atoms with Gasteiger partial charge in [0.1, 0.15) is 17.3 Å². The summed E-state index contributed by atoms with van der Waals surface area (Å²) in [5.74, 6) is 2.73. The van der Waals surface area contributed by atoms with Crippen LogP contribution in [0.25, 0.3) is 0 Å². The molecule has 0 aliphatic carbocycles. The lowest BCUT2D eigenvalue weighted by molar-refractivity contribution is 0.439. The molecule has 104 valence electrons. The van der Waals surface area contributed by atoms with Crippen LogP contribution in [0.5, 0.6) is 17.2 Å². The number of nitrogens with one attached hydrogen (secondary N) is 1. The van der Waals surface area contributed by atoms with Gasteiger partial charge >= 0.3 is 0 Å². The van der Waals surface area contributed by atoms with Crippen molar-refractivity contribution < 1.29 is 9.84 Å². The molecule has 1 atom stereocenters. The summed E-state index contributed by atoms with van der Waals surface area (Å²) >= 11 is 0. The van der Waals surface area contributed by atoms with Gasteiger partial charge in [-0.05, 0) is 43.7 Å². The van der Waals surface area contributed by atoms with E-state index in [-0.39, 0.29) is 5.75 Å². The molecule has 0 radical (unpaired) electrons. The monoisotopic (exact) mass is 271 g/mol. The van der Waals surface area contributed by atoms with E-state index >= 15 is 0 Å². The number of nitrogens with zero attached hydrogens (tertiary/aromatic N) is 2. The molecule has 2 aromatic rings. The minimum Gasteiger partial charge on any atom is -0.508 e. The van der Waals surface area contributed by atoms with Crippen LogP contribution >= 0.6 is 0 Å². The first-order chi connectivity index (χ1) is 9.81. The van der Waals surface area contributed by atoms with Crippen LogP contribution in [0.2, 0.25) is 0 Å². The molecule has 5 nitrogen and oxygen atoms in total. The van der Waals surface area contributed by atoms with Crippen molar-refractivity contribution in [3.05, 3.63) is 42.5 Å². The van der Waals surface area contributed by atoms with Gasteiger partial charge in [-0.25, -0.2) is 9.97 Å². The Morgan fingerprint density at radius 2 is 1.85 bits per heavy atom. The predicted octanol–water partition coefficient (Wildman–Crippen LogP) is 2.44. The number of benzene rings is 1. The summed E-state index contributed by atoms with van der Waals surface area (Å²) in [6.07, 6.45) is 5.69. The second-order valence-electron chi connectivity index (χ2n) is 4.92. The molecule has 0 amide bonds. The smallest absolute Gasteiger partial charge is 0.164 e. The van der Waals surface area contributed by atoms with Crippen LogP contribution in [-0.4, -0.2) is 28.2 Å². The molecular formula is C15H17N3O2. The molecule has 0 spiro atoms. The van der Waals surface area contributed by atoms with Gasteiger partial charge in [0.2, 0.25) is 0 Å². The van der Waals surface area contributed by atoms with Crippen LogP contribution in [0.3, 0.4) is 0 Å². The standard InChI is InChI=1S/C15H17N3O2/c19-12-3-5-13(6-4-12)20-14-9-17-15(18-10-14)11-2-1-7-16-8-11/h3-6,9-11,16,19H,1-2,7-8H2. The highest BCUT2D eigenvalue weighted by molar-refractivity contribution is 5.33. The third-order valence-electron chi connectivity index (χ3n) is 3.38. The topological polar surface area (TPSA) is 67.3 Å². The lowest BCUT2D eigenvalue weighted by atomic mass is 9.99. The average molecular weight is 271 g/mol. The molecule has 2 heterocycles. The van der Waals surface area contributed by atoms with Crippen molar-refractivity contribution in [3.63, 3.8) is 0 Å². The van der Waals surface area contributed by atoms with Crippen molar-refractivity contribution in [1.82, 2.24) is 15.3 Å². The minimum absolute atomic E-state index is 0.216. The summed E-state index contributed by atoms with van der Waals surface area (Å²) in [7, 11) is 0. The van der Waals surface area contributed by atoms with Crippen LogP contribution in [0, 0.1) is 0 Å². The quantitative estimate of drug-likeness (QED) is 0.897. The van der Waals surface area contributed by atoms with Gasteiger partial charge in [0, 0.05) is 12.5 Å². The van der Waals surface area contributed by atoms with Crippen molar-refractivity contribution in [2.24, 2.45) is 0 Å². The molecule has 1 saturated heterocycles. The van der Waals surface area contributed by atoms with Crippen LogP contribution < -0.4 is 10.1 Å². The van der Waals surface area contributed by atoms with Crippen molar-refractivity contribution in [2.45, 2.75) is 18.8 Å². The second kappa shape index (κ2) is 5.88. The lowest BCUT2D eigenvalue weighted by Crippen LogP contribution is -2.29. The Labute approximate surface area is 117 Å². The zero-order chi connectivity index (χ0) is 13.8. The van der Waals surface area contributed by atoms with Gasteiger partial charge in [-0.1, -0.05) is 0 Å². The zero-order valence-electron chi connectivity index (χ0n) is 11.1. The van der Waals surface area contributed by atoms with E-state index in [0.29, 0.717) is 17.4 Å². The van der Waals surface area contributed by atoms with Crippen LogP contribution in [0.4, 0.5) is 0 Å². The molecule has 1 aliphatic rings. The molecule has 20 heavy (non-hydrogen) atoms. The predicted molar refractivity (Wildman–Crippen MR) is 75.1 cm³/mol. The Hall–Kier alpha value is -2.14. The molecule has 1 aliphatic heterocycles. The number of phenolic OH excluding ortho intramolecular Hbond substituents is 1. The maximum absolute atomic E-state index is 9.22. The molecule has 1 aromatic carbocycles. The fraction of sp³-hybridized carbons (Fsp3) is 0.333. The molecule has 1 fully saturated rings. The number of ether oxygens (including phenoxy) is 1. The van der Waals surface area contributed by atoms with Crippen LogP contribution in [-0.2, 0) is 0 Å². The molecule has 0 saturated carbocycles. The van der Waals surface area contributed by atoms with Gasteiger partial charge in [-0.3, -0.25) is 0 Å². The van der Waals surface area contributed by atoms with E-state index in [1.807, 2.05) is 0 Å². The highest BCUT2D eigenvalue weighted by Gasteiger charge is 2.17. The lowest BCUT2D eigenvalue weighted by Gasteiger charge is -2.21. The molecule has 2 N–H and O–H groups in total. The first-order valence-electron chi connectivity index (χ1n) is 6.81. The summed E-state index contributed by atoms with van der Waals surface area (Å²) in [6, 6.07) is 6.57. The Morgan fingerprint density at radius 1 is 1.10 bits per heavy atom. The number of aromatic nitrogens is 2. The van der Waals surface area contributed by atoms with Gasteiger partial charge < -0.3 is 15.2 Å². The third-order valence-corrected chi connectivity index (χ3v) is 3.38. The molecular weight excluding hydrogens is 254 g/mol. The number of aromatic hydroxyl groups is 1. The average Bonchev–Trinajstić information content (AvgIpc) is 2.51. The van der Waals surface area contributed by atoms with Gasteiger partial charge in [0.15, 0.2) is 5.75 Å². The van der Waals surface area contributed by atoms with Gasteiger partial charge in [-0.15, -0.1) is 0 Å². The van der Waals surface area contributed by atoms with E-state index in [0.717, 1.165) is 25.3 Å². The van der Waals surface area contributed by atoms with Crippen LogP contribution in [0.15, 0.2) is 36.7 Å². The first-order valence-corrected chi connectivity index (χ1v) is 6.81. The summed E-state index contributed by atoms with van der Waals surface area (Å²) in [5, 5.41) is 12.6. The van der Waals surface area contributed by atoms with Crippen molar-refractivity contribution >= 4 is 0 Å². The van der Waals surface area contributed by atoms with Crippen LogP contribution in [0.1, 0.15) is 24.6 Å². The molecule has 5 heteroatoms. The Balaban J connectivity index is 1.67. The zero-order valence-corrected chi connectivity index (χ0v) is 11.1. The molecule has 1 unspecified atom stereocenters. The summed E-state index contributed by atoms with van der Waals surface area (Å²) in [6.45, 7) is 2.02. The number of hydrogen-bond donors (Lipinski definition) is 2. The second-order valence-corrected chi connectivity index (χ2v) is 4.92. The molecule has 0 bridgehead atoms. The van der Waals surface area contributed by atoms with Crippen molar-refractivity contribution in [3.8, 4) is 17.2 Å².